The molecule has 1 aliphatic rings. The van der Waals surface area contributed by atoms with E-state index in [1.165, 1.54) is 6.92 Å². The highest BCUT2D eigenvalue weighted by Crippen LogP contribution is 2.23. The number of amides is 1. The van der Waals surface area contributed by atoms with E-state index in [9.17, 15) is 19.2 Å². The normalized spacial score (nSPS) is 23.8. The van der Waals surface area contributed by atoms with E-state index < -0.39 is 48.4 Å². The molecule has 168 valence electrons. The number of nitrogens with two attached hydrogens (primary N) is 1. The molecule has 0 saturated carbocycles. The molecule has 12 nitrogen and oxygen atoms in total. The Bertz CT molecular complexity index is 843. The zero-order valence-electron chi connectivity index (χ0n) is 17.1. The number of para-hydroxylation sites is 1. The summed E-state index contributed by atoms with van der Waals surface area (Å²) < 4.78 is 20.8. The Morgan fingerprint density at radius 1 is 1.00 bits per heavy atom. The summed E-state index contributed by atoms with van der Waals surface area (Å²) in [6.07, 6.45) is -4.50. The van der Waals surface area contributed by atoms with Crippen LogP contribution >= 0.6 is 0 Å². The molecule has 0 bridgehead atoms. The van der Waals surface area contributed by atoms with Crippen molar-refractivity contribution in [3.05, 3.63) is 30.3 Å². The van der Waals surface area contributed by atoms with Crippen LogP contribution in [0.5, 0.6) is 0 Å². The minimum Gasteiger partial charge on any atom is -0.466 e. The number of hydrogen-bond acceptors (Lipinski definition) is 11. The van der Waals surface area contributed by atoms with Gasteiger partial charge in [0.2, 0.25) is 5.90 Å². The van der Waals surface area contributed by atoms with Crippen LogP contribution in [0.3, 0.4) is 0 Å². The summed E-state index contributed by atoms with van der Waals surface area (Å²) in [6, 6.07) is 7.20. The first-order valence-corrected chi connectivity index (χ1v) is 9.18. The second-order valence-electron chi connectivity index (χ2n) is 6.43. The number of nitrogens with one attached hydrogen (secondary N) is 1. The van der Waals surface area contributed by atoms with Crippen molar-refractivity contribution in [3.8, 4) is 0 Å². The smallest absolute Gasteiger partial charge is 0.437 e. The van der Waals surface area contributed by atoms with Gasteiger partial charge in [-0.2, -0.15) is 0 Å². The van der Waals surface area contributed by atoms with Gasteiger partial charge in [0.05, 0.1) is 0 Å². The molecule has 1 amide bonds. The summed E-state index contributed by atoms with van der Waals surface area (Å²) in [4.78, 5) is 51.0. The Balaban J connectivity index is 2.21. The topological polar surface area (TPSA) is 165 Å². The van der Waals surface area contributed by atoms with Crippen LogP contribution < -0.4 is 11.1 Å². The monoisotopic (exact) mass is 437 g/mol. The largest absolute Gasteiger partial charge is 0.466 e. The molecule has 31 heavy (non-hydrogen) atoms. The van der Waals surface area contributed by atoms with Crippen molar-refractivity contribution in [1.29, 1.82) is 0 Å². The molecule has 1 aromatic carbocycles. The molecule has 2 unspecified atom stereocenters. The zero-order chi connectivity index (χ0) is 23.0. The molecule has 0 radical (unpaired) electrons. The number of oxime groups is 1. The molecule has 1 fully saturated rings. The lowest BCUT2D eigenvalue weighted by atomic mass is 9.97. The quantitative estimate of drug-likeness (QED) is 0.280. The highest BCUT2D eigenvalue weighted by molar-refractivity contribution is 5.87. The van der Waals surface area contributed by atoms with Gasteiger partial charge in [0.1, 0.15) is 12.6 Å². The maximum Gasteiger partial charge on any atom is 0.437 e. The SMILES string of the molecule is CC(=O)OCC1O/C(=N\OC(=O)Nc2ccccc2)C(N)[C@@H](OC(C)=O)[C@H]1OC(C)=O. The third-order valence-corrected chi connectivity index (χ3v) is 3.90. The second kappa shape index (κ2) is 10.9. The van der Waals surface area contributed by atoms with Crippen LogP contribution in [0.2, 0.25) is 0 Å². The van der Waals surface area contributed by atoms with E-state index in [1.807, 2.05) is 0 Å². The first-order chi connectivity index (χ1) is 14.7. The lowest BCUT2D eigenvalue weighted by molar-refractivity contribution is -0.185. The summed E-state index contributed by atoms with van der Waals surface area (Å²) in [5.41, 5.74) is 6.51. The minimum atomic E-state index is -1.24. The first-order valence-electron chi connectivity index (χ1n) is 9.18. The maximum absolute atomic E-state index is 12.0. The summed E-state index contributed by atoms with van der Waals surface area (Å²) >= 11 is 0. The number of ether oxygens (including phenoxy) is 4. The third-order valence-electron chi connectivity index (χ3n) is 3.90. The molecule has 1 saturated heterocycles. The van der Waals surface area contributed by atoms with E-state index in [-0.39, 0.29) is 12.5 Å². The van der Waals surface area contributed by atoms with Gasteiger partial charge in [-0.05, 0) is 17.3 Å². The van der Waals surface area contributed by atoms with Crippen molar-refractivity contribution in [2.75, 3.05) is 11.9 Å². The Morgan fingerprint density at radius 3 is 2.19 bits per heavy atom. The number of esters is 3. The molecule has 2 rings (SSSR count). The van der Waals surface area contributed by atoms with Crippen LogP contribution in [0.15, 0.2) is 35.5 Å². The molecule has 1 aliphatic heterocycles. The van der Waals surface area contributed by atoms with Crippen molar-refractivity contribution in [3.63, 3.8) is 0 Å². The number of benzene rings is 1. The summed E-state index contributed by atoms with van der Waals surface area (Å²) in [5, 5.41) is 6.03. The van der Waals surface area contributed by atoms with Crippen molar-refractivity contribution in [2.24, 2.45) is 10.9 Å². The van der Waals surface area contributed by atoms with Gasteiger partial charge < -0.3 is 24.7 Å². The fraction of sp³-hybridized carbons (Fsp3) is 0.421. The van der Waals surface area contributed by atoms with Gasteiger partial charge >= 0.3 is 24.0 Å². The number of anilines is 1. The van der Waals surface area contributed by atoms with Gasteiger partial charge in [0.15, 0.2) is 18.3 Å². The van der Waals surface area contributed by atoms with Crippen molar-refractivity contribution in [2.45, 2.75) is 45.1 Å². The fourth-order valence-electron chi connectivity index (χ4n) is 2.68. The zero-order valence-corrected chi connectivity index (χ0v) is 17.1. The van der Waals surface area contributed by atoms with Crippen LogP contribution in [0.1, 0.15) is 20.8 Å². The van der Waals surface area contributed by atoms with Crippen molar-refractivity contribution < 1.29 is 43.0 Å². The Morgan fingerprint density at radius 2 is 1.61 bits per heavy atom. The Labute approximate surface area is 177 Å². The summed E-state index contributed by atoms with van der Waals surface area (Å²) in [7, 11) is 0. The predicted molar refractivity (Wildman–Crippen MR) is 105 cm³/mol. The lowest BCUT2D eigenvalue weighted by Gasteiger charge is -2.39. The number of carbonyl (C=O) groups excluding carboxylic acids is 4. The van der Waals surface area contributed by atoms with Crippen LogP contribution in [0.25, 0.3) is 0 Å². The van der Waals surface area contributed by atoms with Gasteiger partial charge in [-0.15, -0.1) is 0 Å². The van der Waals surface area contributed by atoms with Crippen LogP contribution in [-0.2, 0) is 38.2 Å². The highest BCUT2D eigenvalue weighted by atomic mass is 16.7. The van der Waals surface area contributed by atoms with E-state index in [0.29, 0.717) is 5.69 Å². The third kappa shape index (κ3) is 7.26. The van der Waals surface area contributed by atoms with E-state index in [2.05, 4.69) is 10.5 Å². The van der Waals surface area contributed by atoms with E-state index >= 15 is 0 Å². The average Bonchev–Trinajstić information content (AvgIpc) is 2.69. The first kappa shape index (κ1) is 23.6. The van der Waals surface area contributed by atoms with Crippen molar-refractivity contribution >= 4 is 35.6 Å². The number of carbonyl (C=O) groups is 4. The maximum atomic E-state index is 12.0. The van der Waals surface area contributed by atoms with Crippen molar-refractivity contribution in [1.82, 2.24) is 0 Å². The van der Waals surface area contributed by atoms with E-state index in [0.717, 1.165) is 13.8 Å². The summed E-state index contributed by atoms with van der Waals surface area (Å²) in [5.74, 6) is -2.37. The summed E-state index contributed by atoms with van der Waals surface area (Å²) in [6.45, 7) is 3.08. The number of nitrogens with zero attached hydrogens (tertiary/aromatic N) is 1. The molecule has 3 N–H and O–H groups in total. The fourth-order valence-corrected chi connectivity index (χ4v) is 2.68. The van der Waals surface area contributed by atoms with Gasteiger partial charge in [-0.1, -0.05) is 18.2 Å². The Hall–Kier alpha value is -3.67. The molecule has 1 aromatic rings. The van der Waals surface area contributed by atoms with Gasteiger partial charge in [0, 0.05) is 26.5 Å². The number of rotatable bonds is 6. The molecule has 0 aliphatic carbocycles. The predicted octanol–water partition coefficient (Wildman–Crippen LogP) is 0.701. The van der Waals surface area contributed by atoms with Gasteiger partial charge in [-0.3, -0.25) is 24.5 Å². The molecule has 4 atom stereocenters. The minimum absolute atomic E-state index is 0.324. The average molecular weight is 437 g/mol. The lowest BCUT2D eigenvalue weighted by Crippen LogP contribution is -2.62. The second-order valence-corrected chi connectivity index (χ2v) is 6.43. The molecule has 1 heterocycles. The standard InChI is InChI=1S/C19H23N3O9/c1-10(23)27-9-14-16(28-11(2)24)17(29-12(3)25)15(20)18(30-14)22-31-19(26)21-13-7-5-4-6-8-13/h4-8,14-17H,9,20H2,1-3H3,(H,21,26)/b22-18-/t14?,15?,16-,17+/m0/s1. The van der Waals surface area contributed by atoms with Crippen LogP contribution in [0, 0.1) is 0 Å². The molecular weight excluding hydrogens is 414 g/mol. The number of hydrogen-bond donors (Lipinski definition) is 2. The molecular formula is C19H23N3O9. The van der Waals surface area contributed by atoms with Gasteiger partial charge in [-0.25, -0.2) is 4.79 Å². The highest BCUT2D eigenvalue weighted by Gasteiger charge is 2.48. The molecule has 0 aromatic heterocycles. The van der Waals surface area contributed by atoms with E-state index in [4.69, 9.17) is 29.5 Å². The molecule has 0 spiro atoms. The molecule has 12 heteroatoms. The van der Waals surface area contributed by atoms with Gasteiger partial charge in [0.25, 0.3) is 0 Å². The Kier molecular flexibility index (Phi) is 8.32. The van der Waals surface area contributed by atoms with Crippen LogP contribution in [-0.4, -0.2) is 60.9 Å². The van der Waals surface area contributed by atoms with Crippen LogP contribution in [0.4, 0.5) is 10.5 Å². The van der Waals surface area contributed by atoms with E-state index in [1.54, 1.807) is 30.3 Å².